The van der Waals surface area contributed by atoms with Crippen LogP contribution in [0.25, 0.3) is 0 Å². The SMILES string of the molecule is CCNC(c1cc(Br)c(C)s1)C1(c2ccccc2)CC1. The van der Waals surface area contributed by atoms with Crippen molar-refractivity contribution in [2.45, 2.75) is 38.1 Å². The van der Waals surface area contributed by atoms with E-state index >= 15 is 0 Å². The summed E-state index contributed by atoms with van der Waals surface area (Å²) in [5.74, 6) is 0. The lowest BCUT2D eigenvalue weighted by molar-refractivity contribution is 0.446. The van der Waals surface area contributed by atoms with Gasteiger partial charge in [-0.15, -0.1) is 11.3 Å². The van der Waals surface area contributed by atoms with E-state index in [0.29, 0.717) is 11.5 Å². The van der Waals surface area contributed by atoms with Gasteiger partial charge in [-0.3, -0.25) is 0 Å². The standard InChI is InChI=1S/C17H20BrNS/c1-3-19-16(15-11-14(18)12(2)20-15)17(9-10-17)13-7-5-4-6-8-13/h4-8,11,16,19H,3,9-10H2,1-2H3. The van der Waals surface area contributed by atoms with Crippen LogP contribution in [0.1, 0.15) is 41.1 Å². The third-order valence-corrected chi connectivity index (χ3v) is 6.46. The molecule has 1 N–H and O–H groups in total. The molecule has 20 heavy (non-hydrogen) atoms. The Kier molecular flexibility index (Phi) is 4.02. The molecule has 1 nitrogen and oxygen atoms in total. The molecule has 1 aromatic heterocycles. The van der Waals surface area contributed by atoms with Crippen molar-refractivity contribution in [2.75, 3.05) is 6.54 Å². The molecule has 1 atom stereocenters. The molecule has 1 heterocycles. The Balaban J connectivity index is 1.99. The highest BCUT2D eigenvalue weighted by Gasteiger charge is 2.51. The first-order chi connectivity index (χ1) is 9.67. The number of likely N-dealkylation sites (N-methyl/N-ethyl adjacent to an activating group) is 1. The van der Waals surface area contributed by atoms with Gasteiger partial charge in [0.1, 0.15) is 0 Å². The van der Waals surface area contributed by atoms with Gasteiger partial charge in [0.25, 0.3) is 0 Å². The summed E-state index contributed by atoms with van der Waals surface area (Å²) in [5.41, 5.74) is 1.78. The van der Waals surface area contributed by atoms with Crippen LogP contribution in [-0.2, 0) is 5.41 Å². The lowest BCUT2D eigenvalue weighted by atomic mass is 9.87. The lowest BCUT2D eigenvalue weighted by Gasteiger charge is -2.27. The van der Waals surface area contributed by atoms with Gasteiger partial charge >= 0.3 is 0 Å². The quantitative estimate of drug-likeness (QED) is 0.781. The monoisotopic (exact) mass is 349 g/mol. The molecule has 0 radical (unpaired) electrons. The van der Waals surface area contributed by atoms with Crippen LogP contribution < -0.4 is 5.32 Å². The van der Waals surface area contributed by atoms with Crippen LogP contribution in [0.3, 0.4) is 0 Å². The maximum Gasteiger partial charge on any atom is 0.0513 e. The molecular weight excluding hydrogens is 330 g/mol. The molecule has 1 aliphatic rings. The molecule has 1 aliphatic carbocycles. The predicted octanol–water partition coefficient (Wildman–Crippen LogP) is 5.20. The van der Waals surface area contributed by atoms with Crippen molar-refractivity contribution in [2.24, 2.45) is 0 Å². The van der Waals surface area contributed by atoms with E-state index in [1.54, 1.807) is 0 Å². The normalized spacial score (nSPS) is 17.9. The topological polar surface area (TPSA) is 12.0 Å². The highest BCUT2D eigenvalue weighted by Crippen LogP contribution is 2.57. The molecule has 0 saturated heterocycles. The number of hydrogen-bond acceptors (Lipinski definition) is 2. The van der Waals surface area contributed by atoms with Gasteiger partial charge in [0, 0.05) is 19.6 Å². The van der Waals surface area contributed by atoms with E-state index in [2.05, 4.69) is 71.5 Å². The third-order valence-electron chi connectivity index (χ3n) is 4.26. The molecule has 106 valence electrons. The number of halogens is 1. The zero-order chi connectivity index (χ0) is 14.2. The van der Waals surface area contributed by atoms with Crippen molar-refractivity contribution >= 4 is 27.3 Å². The number of rotatable bonds is 5. The van der Waals surface area contributed by atoms with E-state index in [-0.39, 0.29) is 0 Å². The summed E-state index contributed by atoms with van der Waals surface area (Å²) >= 11 is 5.58. The molecule has 0 aliphatic heterocycles. The largest absolute Gasteiger partial charge is 0.309 e. The Hall–Kier alpha value is -0.640. The Morgan fingerprint density at radius 1 is 1.30 bits per heavy atom. The van der Waals surface area contributed by atoms with E-state index in [9.17, 15) is 0 Å². The second-order valence-electron chi connectivity index (χ2n) is 5.57. The second kappa shape index (κ2) is 5.63. The van der Waals surface area contributed by atoms with Gasteiger partial charge in [0.15, 0.2) is 0 Å². The fourth-order valence-corrected chi connectivity index (χ4v) is 4.80. The summed E-state index contributed by atoms with van der Waals surface area (Å²) in [7, 11) is 0. The molecule has 1 unspecified atom stereocenters. The Morgan fingerprint density at radius 2 is 2.00 bits per heavy atom. The van der Waals surface area contributed by atoms with Crippen molar-refractivity contribution in [3.63, 3.8) is 0 Å². The van der Waals surface area contributed by atoms with Crippen LogP contribution in [0, 0.1) is 6.92 Å². The lowest BCUT2D eigenvalue weighted by Crippen LogP contribution is -2.31. The van der Waals surface area contributed by atoms with Crippen molar-refractivity contribution in [3.8, 4) is 0 Å². The fourth-order valence-electron chi connectivity index (χ4n) is 3.04. The van der Waals surface area contributed by atoms with E-state index in [1.807, 2.05) is 11.3 Å². The Morgan fingerprint density at radius 3 is 2.50 bits per heavy atom. The molecule has 0 spiro atoms. The van der Waals surface area contributed by atoms with Crippen molar-refractivity contribution in [1.82, 2.24) is 5.32 Å². The highest BCUT2D eigenvalue weighted by molar-refractivity contribution is 9.10. The average molecular weight is 350 g/mol. The van der Waals surface area contributed by atoms with Crippen LogP contribution >= 0.6 is 27.3 Å². The number of hydrogen-bond donors (Lipinski definition) is 1. The molecule has 0 bridgehead atoms. The third kappa shape index (κ3) is 2.47. The summed E-state index contributed by atoms with van der Waals surface area (Å²) in [4.78, 5) is 2.82. The molecule has 2 aromatic rings. The van der Waals surface area contributed by atoms with Gasteiger partial charge in [-0.1, -0.05) is 37.3 Å². The van der Waals surface area contributed by atoms with Crippen molar-refractivity contribution in [3.05, 3.63) is 56.2 Å². The van der Waals surface area contributed by atoms with Gasteiger partial charge in [-0.05, 0) is 53.9 Å². The van der Waals surface area contributed by atoms with E-state index in [4.69, 9.17) is 0 Å². The molecule has 1 aromatic carbocycles. The molecule has 3 heteroatoms. The molecular formula is C17H20BrNS. The summed E-state index contributed by atoms with van der Waals surface area (Å²) in [6.45, 7) is 5.39. The maximum atomic E-state index is 3.73. The fraction of sp³-hybridized carbons (Fsp3) is 0.412. The van der Waals surface area contributed by atoms with Crippen molar-refractivity contribution in [1.29, 1.82) is 0 Å². The first-order valence-electron chi connectivity index (χ1n) is 7.22. The zero-order valence-corrected chi connectivity index (χ0v) is 14.4. The van der Waals surface area contributed by atoms with Crippen LogP contribution in [-0.4, -0.2) is 6.54 Å². The van der Waals surface area contributed by atoms with E-state index in [1.165, 1.54) is 32.6 Å². The predicted molar refractivity (Wildman–Crippen MR) is 90.5 cm³/mol. The minimum absolute atomic E-state index is 0.300. The molecule has 0 amide bonds. The Labute approximate surface area is 133 Å². The molecule has 3 rings (SSSR count). The highest BCUT2D eigenvalue weighted by atomic mass is 79.9. The number of nitrogens with one attached hydrogen (secondary N) is 1. The summed E-state index contributed by atoms with van der Waals surface area (Å²) in [5, 5.41) is 3.73. The van der Waals surface area contributed by atoms with Crippen molar-refractivity contribution < 1.29 is 0 Å². The summed E-state index contributed by atoms with van der Waals surface area (Å²) < 4.78 is 1.24. The van der Waals surface area contributed by atoms with Gasteiger partial charge in [-0.2, -0.15) is 0 Å². The Bertz CT molecular complexity index is 567. The number of thiophene rings is 1. The average Bonchev–Trinajstić information content (AvgIpc) is 3.20. The second-order valence-corrected chi connectivity index (χ2v) is 7.71. The number of aryl methyl sites for hydroxylation is 1. The smallest absolute Gasteiger partial charge is 0.0513 e. The van der Waals surface area contributed by atoms with Crippen LogP contribution in [0.2, 0.25) is 0 Å². The first-order valence-corrected chi connectivity index (χ1v) is 8.83. The maximum absolute atomic E-state index is 3.73. The zero-order valence-electron chi connectivity index (χ0n) is 11.9. The van der Waals surface area contributed by atoms with Gasteiger partial charge in [0.2, 0.25) is 0 Å². The van der Waals surface area contributed by atoms with Gasteiger partial charge in [0.05, 0.1) is 6.04 Å². The molecule has 1 saturated carbocycles. The van der Waals surface area contributed by atoms with Gasteiger partial charge < -0.3 is 5.32 Å². The summed E-state index contributed by atoms with van der Waals surface area (Å²) in [6, 6.07) is 13.7. The van der Waals surface area contributed by atoms with E-state index < -0.39 is 0 Å². The van der Waals surface area contributed by atoms with Crippen LogP contribution in [0.15, 0.2) is 40.9 Å². The first kappa shape index (κ1) is 14.3. The van der Waals surface area contributed by atoms with E-state index in [0.717, 1.165) is 6.54 Å². The number of benzene rings is 1. The van der Waals surface area contributed by atoms with Crippen LogP contribution in [0.4, 0.5) is 0 Å². The minimum Gasteiger partial charge on any atom is -0.309 e. The van der Waals surface area contributed by atoms with Gasteiger partial charge in [-0.25, -0.2) is 0 Å². The van der Waals surface area contributed by atoms with Crippen LogP contribution in [0.5, 0.6) is 0 Å². The summed E-state index contributed by atoms with van der Waals surface area (Å²) in [6.07, 6.45) is 2.56. The molecule has 1 fully saturated rings. The minimum atomic E-state index is 0.300.